The van der Waals surface area contributed by atoms with Crippen molar-refractivity contribution in [2.24, 2.45) is 18.2 Å². The van der Waals surface area contributed by atoms with Crippen molar-refractivity contribution in [1.29, 1.82) is 0 Å². The van der Waals surface area contributed by atoms with Gasteiger partial charge in [0.2, 0.25) is 0 Å². The van der Waals surface area contributed by atoms with Gasteiger partial charge in [-0.3, -0.25) is 18.8 Å². The van der Waals surface area contributed by atoms with Gasteiger partial charge < -0.3 is 16.8 Å². The lowest BCUT2D eigenvalue weighted by Crippen LogP contribution is -2.24. The number of nitrogens with zero attached hydrogens (tertiary/aromatic N) is 4. The first kappa shape index (κ1) is 28.7. The number of hydrogen-bond donors (Lipinski definition) is 3. The van der Waals surface area contributed by atoms with Gasteiger partial charge in [-0.15, -0.1) is 6.58 Å². The molecule has 2 aromatic heterocycles. The molecule has 0 spiro atoms. The van der Waals surface area contributed by atoms with Crippen LogP contribution >= 0.6 is 0 Å². The Morgan fingerprint density at radius 3 is 2.44 bits per heavy atom. The predicted molar refractivity (Wildman–Crippen MR) is 158 cm³/mol. The number of hydrogen-bond acceptors (Lipinski definition) is 6. The maximum absolute atomic E-state index is 13.3. The number of benzene rings is 2. The summed E-state index contributed by atoms with van der Waals surface area (Å²) >= 11 is 0. The first-order valence-corrected chi connectivity index (χ1v) is 12.6. The Labute approximate surface area is 228 Å². The van der Waals surface area contributed by atoms with E-state index in [0.717, 1.165) is 17.1 Å². The summed E-state index contributed by atoms with van der Waals surface area (Å²) in [6, 6.07) is 15.3. The van der Waals surface area contributed by atoms with Crippen molar-refractivity contribution < 1.29 is 4.79 Å². The van der Waals surface area contributed by atoms with Crippen molar-refractivity contribution in [1.82, 2.24) is 19.3 Å². The third-order valence-corrected chi connectivity index (χ3v) is 5.60. The highest BCUT2D eigenvalue weighted by atomic mass is 16.1. The van der Waals surface area contributed by atoms with Crippen molar-refractivity contribution in [2.45, 2.75) is 34.1 Å². The fourth-order valence-electron chi connectivity index (χ4n) is 3.87. The molecule has 4 rings (SSSR count). The second-order valence-corrected chi connectivity index (χ2v) is 9.82. The zero-order valence-corrected chi connectivity index (χ0v) is 23.1. The molecule has 9 nitrogen and oxygen atoms in total. The van der Waals surface area contributed by atoms with E-state index in [1.165, 1.54) is 4.68 Å². The lowest BCUT2D eigenvalue weighted by atomic mass is 9.97. The molecule has 39 heavy (non-hydrogen) atoms. The van der Waals surface area contributed by atoms with E-state index in [1.807, 2.05) is 55.5 Å². The molecule has 0 bridgehead atoms. The molecule has 5 N–H and O–H groups in total. The number of aryl methyl sites for hydroxylation is 2. The van der Waals surface area contributed by atoms with Crippen LogP contribution in [0.1, 0.15) is 49.4 Å². The van der Waals surface area contributed by atoms with Crippen LogP contribution in [0.3, 0.4) is 0 Å². The summed E-state index contributed by atoms with van der Waals surface area (Å²) in [5, 5.41) is 7.40. The Balaban J connectivity index is 0.000000255. The van der Waals surface area contributed by atoms with Crippen molar-refractivity contribution in [3.63, 3.8) is 0 Å². The van der Waals surface area contributed by atoms with Crippen LogP contribution in [0.25, 0.3) is 16.6 Å². The van der Waals surface area contributed by atoms with Gasteiger partial charge in [0.15, 0.2) is 5.82 Å². The van der Waals surface area contributed by atoms with Gasteiger partial charge in [-0.25, -0.2) is 4.98 Å². The van der Waals surface area contributed by atoms with E-state index < -0.39 is 5.91 Å². The average Bonchev–Trinajstić information content (AvgIpc) is 3.18. The SMILES string of the molecule is C=CCNc1c(C(N)=O)c(N)nn1C.CCc1nc2cccc(C#CC(C)(C)C)c2c(=O)n1-c1ccccc1. The quantitative estimate of drug-likeness (QED) is 0.257. The fraction of sp³-hybridized carbons (Fsp3) is 0.267. The number of rotatable bonds is 6. The number of primary amides is 1. The Morgan fingerprint density at radius 2 is 1.85 bits per heavy atom. The van der Waals surface area contributed by atoms with E-state index in [-0.39, 0.29) is 22.4 Å². The topological polar surface area (TPSA) is 134 Å². The molecule has 4 aromatic rings. The van der Waals surface area contributed by atoms with E-state index in [2.05, 4.69) is 49.6 Å². The fourth-order valence-corrected chi connectivity index (χ4v) is 3.87. The van der Waals surface area contributed by atoms with E-state index in [9.17, 15) is 9.59 Å². The monoisotopic (exact) mass is 525 g/mol. The van der Waals surface area contributed by atoms with Crippen LogP contribution in [0.4, 0.5) is 11.6 Å². The Morgan fingerprint density at radius 1 is 1.15 bits per heavy atom. The predicted octanol–water partition coefficient (Wildman–Crippen LogP) is 4.04. The molecule has 0 saturated carbocycles. The maximum Gasteiger partial charge on any atom is 0.267 e. The van der Waals surface area contributed by atoms with Crippen molar-refractivity contribution in [2.75, 3.05) is 17.6 Å². The van der Waals surface area contributed by atoms with E-state index in [4.69, 9.17) is 16.5 Å². The summed E-state index contributed by atoms with van der Waals surface area (Å²) in [7, 11) is 1.67. The van der Waals surface area contributed by atoms with Gasteiger partial charge in [-0.05, 0) is 45.0 Å². The lowest BCUT2D eigenvalue weighted by molar-refractivity contribution is 0.100. The van der Waals surface area contributed by atoms with Crippen molar-refractivity contribution >= 4 is 28.4 Å². The lowest BCUT2D eigenvalue weighted by Gasteiger charge is -2.13. The third-order valence-electron chi connectivity index (χ3n) is 5.60. The molecule has 9 heteroatoms. The first-order chi connectivity index (χ1) is 18.5. The van der Waals surface area contributed by atoms with Crippen LogP contribution in [0, 0.1) is 17.3 Å². The summed E-state index contributed by atoms with van der Waals surface area (Å²) in [5.74, 6) is 7.20. The number of anilines is 2. The minimum absolute atomic E-state index is 0.0631. The van der Waals surface area contributed by atoms with Gasteiger partial charge in [0.1, 0.15) is 17.2 Å². The van der Waals surface area contributed by atoms with Crippen LogP contribution in [0.15, 0.2) is 66.0 Å². The number of fused-ring (bicyclic) bond motifs is 1. The number of nitrogens with one attached hydrogen (secondary N) is 1. The van der Waals surface area contributed by atoms with Crippen LogP contribution in [0.5, 0.6) is 0 Å². The van der Waals surface area contributed by atoms with Crippen LogP contribution in [-0.4, -0.2) is 31.8 Å². The molecule has 0 saturated heterocycles. The zero-order chi connectivity index (χ0) is 28.7. The molecule has 1 amide bonds. The Bertz CT molecular complexity index is 1620. The van der Waals surface area contributed by atoms with Gasteiger partial charge >= 0.3 is 0 Å². The van der Waals surface area contributed by atoms with Crippen molar-refractivity contribution in [3.8, 4) is 17.5 Å². The normalized spacial score (nSPS) is 10.7. The zero-order valence-electron chi connectivity index (χ0n) is 23.1. The standard InChI is InChI=1S/C22H22N2O.C8H13N5O/c1-5-19-23-18-13-9-10-16(14-15-22(2,3)4)20(18)21(25)24(19)17-11-7-6-8-12-17;1-3-4-11-8-5(7(10)14)6(9)12-13(8)2/h6-13H,5H2,1-4H3;3,11H,1,4H2,2H3,(H2,9,12)(H2,10,14). The molecule has 0 aliphatic heterocycles. The number of para-hydroxylation sites is 1. The van der Waals surface area contributed by atoms with Gasteiger partial charge in [0, 0.05) is 31.0 Å². The molecule has 2 heterocycles. The Hall–Kier alpha value is -4.84. The van der Waals surface area contributed by atoms with E-state index >= 15 is 0 Å². The highest BCUT2D eigenvalue weighted by molar-refractivity contribution is 6.02. The summed E-state index contributed by atoms with van der Waals surface area (Å²) in [4.78, 5) is 29.1. The smallest absolute Gasteiger partial charge is 0.267 e. The number of carbonyl (C=O) groups excluding carboxylic acids is 1. The van der Waals surface area contributed by atoms with Crippen molar-refractivity contribution in [3.05, 3.63) is 88.5 Å². The van der Waals surface area contributed by atoms with E-state index in [0.29, 0.717) is 29.7 Å². The minimum Gasteiger partial charge on any atom is -0.381 e. The van der Waals surface area contributed by atoms with Gasteiger partial charge in [0.25, 0.3) is 11.5 Å². The minimum atomic E-state index is -0.595. The largest absolute Gasteiger partial charge is 0.381 e. The summed E-state index contributed by atoms with van der Waals surface area (Å²) in [5.41, 5.74) is 13.0. The number of aromatic nitrogens is 4. The summed E-state index contributed by atoms with van der Waals surface area (Å²) in [6.07, 6.45) is 2.34. The molecule has 0 aliphatic carbocycles. The van der Waals surface area contributed by atoms with Gasteiger partial charge in [-0.1, -0.05) is 49.1 Å². The number of nitrogens with two attached hydrogens (primary N) is 2. The number of amides is 1. The molecule has 0 unspecified atom stereocenters. The van der Waals surface area contributed by atoms with Crippen LogP contribution < -0.4 is 22.3 Å². The molecule has 0 atom stereocenters. The molecular formula is C30H35N7O2. The van der Waals surface area contributed by atoms with Crippen LogP contribution in [0.2, 0.25) is 0 Å². The highest BCUT2D eigenvalue weighted by Gasteiger charge is 2.18. The molecule has 0 fully saturated rings. The first-order valence-electron chi connectivity index (χ1n) is 12.6. The molecule has 0 radical (unpaired) electrons. The number of carbonyl (C=O) groups is 1. The molecule has 202 valence electrons. The summed E-state index contributed by atoms with van der Waals surface area (Å²) < 4.78 is 3.17. The molecular weight excluding hydrogens is 490 g/mol. The van der Waals surface area contributed by atoms with Gasteiger partial charge in [0.05, 0.1) is 16.6 Å². The highest BCUT2D eigenvalue weighted by Crippen LogP contribution is 2.20. The average molecular weight is 526 g/mol. The molecule has 2 aromatic carbocycles. The van der Waals surface area contributed by atoms with Crippen LogP contribution in [-0.2, 0) is 13.5 Å². The second kappa shape index (κ2) is 12.1. The van der Waals surface area contributed by atoms with E-state index in [1.54, 1.807) is 17.7 Å². The Kier molecular flexibility index (Phi) is 8.94. The summed E-state index contributed by atoms with van der Waals surface area (Å²) in [6.45, 7) is 12.2. The maximum atomic E-state index is 13.3. The third kappa shape index (κ3) is 6.73. The molecule has 0 aliphatic rings. The number of nitrogen functional groups attached to an aromatic ring is 1. The second-order valence-electron chi connectivity index (χ2n) is 9.82. The van der Waals surface area contributed by atoms with Gasteiger partial charge in [-0.2, -0.15) is 5.10 Å².